The third-order valence-electron chi connectivity index (χ3n) is 5.77. The number of carboxylic acid groups (broad SMARTS) is 1. The predicted molar refractivity (Wildman–Crippen MR) is 85.2 cm³/mol. The quantitative estimate of drug-likeness (QED) is 0.816. The summed E-state index contributed by atoms with van der Waals surface area (Å²) in [5.74, 6) is -1.06. The fraction of sp³-hybridized carbons (Fsp3) is 0.824. The van der Waals surface area contributed by atoms with Gasteiger partial charge in [-0.1, -0.05) is 6.92 Å². The Hall–Kier alpha value is -1.63. The van der Waals surface area contributed by atoms with Gasteiger partial charge in [-0.25, -0.2) is 0 Å². The van der Waals surface area contributed by atoms with Gasteiger partial charge in [0.2, 0.25) is 11.8 Å². The summed E-state index contributed by atoms with van der Waals surface area (Å²) in [5, 5.41) is 9.72. The standard InChI is InChI=1S/C17H26N2O5/c1-2-4-14(20)19-7-3-5-13(19)15(21)18-9-12-10-24-8-6-17(12,11-18)16(22)23/h12-13H,2-11H2,1H3,(H,22,23)/t12-,13?,17+/m0/s1. The summed E-state index contributed by atoms with van der Waals surface area (Å²) >= 11 is 0. The zero-order valence-corrected chi connectivity index (χ0v) is 14.2. The van der Waals surface area contributed by atoms with Crippen LogP contribution in [0.1, 0.15) is 39.0 Å². The second-order valence-corrected chi connectivity index (χ2v) is 7.20. The molecule has 3 atom stereocenters. The summed E-state index contributed by atoms with van der Waals surface area (Å²) < 4.78 is 5.44. The van der Waals surface area contributed by atoms with Crippen molar-refractivity contribution >= 4 is 17.8 Å². The molecule has 7 heteroatoms. The van der Waals surface area contributed by atoms with Gasteiger partial charge in [-0.05, 0) is 25.7 Å². The van der Waals surface area contributed by atoms with E-state index in [0.717, 1.165) is 12.8 Å². The first-order chi connectivity index (χ1) is 11.5. The molecule has 0 aromatic heterocycles. The van der Waals surface area contributed by atoms with Crippen LogP contribution in [-0.4, -0.2) is 71.6 Å². The lowest BCUT2D eigenvalue weighted by molar-refractivity contribution is -0.157. The lowest BCUT2D eigenvalue weighted by atomic mass is 9.74. The molecule has 0 spiro atoms. The molecule has 2 amide bonds. The Morgan fingerprint density at radius 2 is 2.12 bits per heavy atom. The number of ether oxygens (including phenoxy) is 1. The smallest absolute Gasteiger partial charge is 0.311 e. The van der Waals surface area contributed by atoms with E-state index < -0.39 is 17.4 Å². The number of carbonyl (C=O) groups is 3. The average Bonchev–Trinajstić information content (AvgIpc) is 3.19. The van der Waals surface area contributed by atoms with E-state index in [1.54, 1.807) is 9.80 Å². The number of nitrogens with zero attached hydrogens (tertiary/aromatic N) is 2. The van der Waals surface area contributed by atoms with Gasteiger partial charge in [-0.2, -0.15) is 0 Å². The van der Waals surface area contributed by atoms with Crippen LogP contribution in [0.4, 0.5) is 0 Å². The van der Waals surface area contributed by atoms with Crippen molar-refractivity contribution in [2.75, 3.05) is 32.8 Å². The summed E-state index contributed by atoms with van der Waals surface area (Å²) in [4.78, 5) is 40.4. The van der Waals surface area contributed by atoms with Gasteiger partial charge >= 0.3 is 5.97 Å². The van der Waals surface area contributed by atoms with Crippen molar-refractivity contribution in [3.8, 4) is 0 Å². The van der Waals surface area contributed by atoms with Gasteiger partial charge in [0.15, 0.2) is 0 Å². The molecule has 3 rings (SSSR count). The number of carbonyl (C=O) groups excluding carboxylic acids is 2. The minimum Gasteiger partial charge on any atom is -0.481 e. The Labute approximate surface area is 141 Å². The molecule has 3 fully saturated rings. The van der Waals surface area contributed by atoms with Gasteiger partial charge < -0.3 is 19.6 Å². The lowest BCUT2D eigenvalue weighted by Crippen LogP contribution is -2.48. The molecule has 7 nitrogen and oxygen atoms in total. The fourth-order valence-corrected chi connectivity index (χ4v) is 4.36. The van der Waals surface area contributed by atoms with Crippen LogP contribution >= 0.6 is 0 Å². The van der Waals surface area contributed by atoms with E-state index in [0.29, 0.717) is 45.6 Å². The van der Waals surface area contributed by atoms with Crippen LogP contribution in [0, 0.1) is 11.3 Å². The van der Waals surface area contributed by atoms with Crippen LogP contribution in [0.3, 0.4) is 0 Å². The Bertz CT molecular complexity index is 537. The van der Waals surface area contributed by atoms with Gasteiger partial charge in [0.25, 0.3) is 0 Å². The molecule has 3 heterocycles. The molecule has 0 aromatic carbocycles. The van der Waals surface area contributed by atoms with Crippen molar-refractivity contribution in [1.29, 1.82) is 0 Å². The monoisotopic (exact) mass is 338 g/mol. The topological polar surface area (TPSA) is 87.2 Å². The summed E-state index contributed by atoms with van der Waals surface area (Å²) in [7, 11) is 0. The SMILES string of the molecule is CCCC(=O)N1CCCC1C(=O)N1C[C@H]2COCC[C@@]2(C(=O)O)C1. The van der Waals surface area contributed by atoms with Crippen molar-refractivity contribution in [2.24, 2.45) is 11.3 Å². The normalized spacial score (nSPS) is 32.7. The first-order valence-electron chi connectivity index (χ1n) is 8.89. The van der Waals surface area contributed by atoms with Crippen LogP contribution in [0.25, 0.3) is 0 Å². The molecular weight excluding hydrogens is 312 g/mol. The molecule has 3 aliphatic heterocycles. The maximum atomic E-state index is 13.0. The minimum atomic E-state index is -0.884. The van der Waals surface area contributed by atoms with Crippen LogP contribution in [-0.2, 0) is 19.1 Å². The zero-order valence-electron chi connectivity index (χ0n) is 14.2. The summed E-state index contributed by atoms with van der Waals surface area (Å²) in [6.45, 7) is 4.04. The van der Waals surface area contributed by atoms with Crippen LogP contribution in [0.2, 0.25) is 0 Å². The minimum absolute atomic E-state index is 0.0289. The maximum absolute atomic E-state index is 13.0. The highest BCUT2D eigenvalue weighted by Gasteiger charge is 2.55. The highest BCUT2D eigenvalue weighted by Crippen LogP contribution is 2.43. The molecule has 3 saturated heterocycles. The van der Waals surface area contributed by atoms with E-state index in [1.165, 1.54) is 0 Å². The van der Waals surface area contributed by atoms with Crippen molar-refractivity contribution in [3.05, 3.63) is 0 Å². The Balaban J connectivity index is 1.74. The molecule has 0 radical (unpaired) electrons. The molecule has 0 saturated carbocycles. The van der Waals surface area contributed by atoms with E-state index >= 15 is 0 Å². The number of amides is 2. The van der Waals surface area contributed by atoms with E-state index in [4.69, 9.17) is 4.74 Å². The molecule has 1 unspecified atom stereocenters. The zero-order chi connectivity index (χ0) is 17.3. The fourth-order valence-electron chi connectivity index (χ4n) is 4.36. The number of hydrogen-bond acceptors (Lipinski definition) is 4. The van der Waals surface area contributed by atoms with Gasteiger partial charge in [-0.15, -0.1) is 0 Å². The molecule has 1 N–H and O–H groups in total. The highest BCUT2D eigenvalue weighted by molar-refractivity contribution is 5.89. The van der Waals surface area contributed by atoms with Crippen LogP contribution < -0.4 is 0 Å². The molecule has 24 heavy (non-hydrogen) atoms. The first-order valence-corrected chi connectivity index (χ1v) is 8.89. The largest absolute Gasteiger partial charge is 0.481 e. The van der Waals surface area contributed by atoms with E-state index in [1.807, 2.05) is 6.92 Å². The number of fused-ring (bicyclic) bond motifs is 1. The van der Waals surface area contributed by atoms with Crippen molar-refractivity contribution in [3.63, 3.8) is 0 Å². The molecule has 134 valence electrons. The second-order valence-electron chi connectivity index (χ2n) is 7.20. The van der Waals surface area contributed by atoms with Crippen molar-refractivity contribution in [1.82, 2.24) is 9.80 Å². The molecule has 0 aliphatic carbocycles. The van der Waals surface area contributed by atoms with Crippen LogP contribution in [0.15, 0.2) is 0 Å². The number of aliphatic carboxylic acids is 1. The molecular formula is C17H26N2O5. The Morgan fingerprint density at radius 3 is 2.79 bits per heavy atom. The van der Waals surface area contributed by atoms with Gasteiger partial charge in [0.1, 0.15) is 6.04 Å². The van der Waals surface area contributed by atoms with Crippen LogP contribution in [0.5, 0.6) is 0 Å². The number of hydrogen-bond donors (Lipinski definition) is 1. The third-order valence-corrected chi connectivity index (χ3v) is 5.77. The lowest BCUT2D eigenvalue weighted by Gasteiger charge is -2.34. The summed E-state index contributed by atoms with van der Waals surface area (Å²) in [6.07, 6.45) is 3.17. The van der Waals surface area contributed by atoms with Gasteiger partial charge in [-0.3, -0.25) is 14.4 Å². The second kappa shape index (κ2) is 6.70. The highest BCUT2D eigenvalue weighted by atomic mass is 16.5. The Kier molecular flexibility index (Phi) is 4.80. The molecule has 0 bridgehead atoms. The maximum Gasteiger partial charge on any atom is 0.311 e. The third kappa shape index (κ3) is 2.79. The van der Waals surface area contributed by atoms with E-state index in [2.05, 4.69) is 0 Å². The Morgan fingerprint density at radius 1 is 1.33 bits per heavy atom. The number of rotatable bonds is 4. The van der Waals surface area contributed by atoms with E-state index in [-0.39, 0.29) is 24.3 Å². The summed E-state index contributed by atoms with van der Waals surface area (Å²) in [6, 6.07) is -0.420. The number of carboxylic acids is 1. The molecule has 3 aliphatic rings. The molecule has 0 aromatic rings. The summed E-state index contributed by atoms with van der Waals surface area (Å²) in [5.41, 5.74) is -0.884. The van der Waals surface area contributed by atoms with Crippen molar-refractivity contribution < 1.29 is 24.2 Å². The average molecular weight is 338 g/mol. The van der Waals surface area contributed by atoms with Gasteiger partial charge in [0, 0.05) is 38.6 Å². The first kappa shape index (κ1) is 17.2. The van der Waals surface area contributed by atoms with E-state index in [9.17, 15) is 19.5 Å². The van der Waals surface area contributed by atoms with Gasteiger partial charge in [0.05, 0.1) is 12.0 Å². The predicted octanol–water partition coefficient (Wildman–Crippen LogP) is 0.727. The number of likely N-dealkylation sites (tertiary alicyclic amines) is 2. The van der Waals surface area contributed by atoms with Crippen molar-refractivity contribution in [2.45, 2.75) is 45.1 Å².